The van der Waals surface area contributed by atoms with Crippen LogP contribution >= 0.6 is 0 Å². The zero-order valence-electron chi connectivity index (χ0n) is 7.56. The predicted octanol–water partition coefficient (Wildman–Crippen LogP) is 0.923. The van der Waals surface area contributed by atoms with Crippen LogP contribution < -0.4 is 5.73 Å². The van der Waals surface area contributed by atoms with Crippen molar-refractivity contribution in [3.63, 3.8) is 0 Å². The molecule has 5 nitrogen and oxygen atoms in total. The molecule has 0 radical (unpaired) electrons. The molecule has 2 heterocycles. The molecule has 0 atom stereocenters. The van der Waals surface area contributed by atoms with E-state index in [1.165, 1.54) is 12.3 Å². The summed E-state index contributed by atoms with van der Waals surface area (Å²) in [6.07, 6.45) is 3.23. The lowest BCUT2D eigenvalue weighted by molar-refractivity contribution is 0.0696. The number of nitrogens with zero attached hydrogens (tertiary/aromatic N) is 2. The number of anilines is 1. The van der Waals surface area contributed by atoms with Crippen LogP contribution in [0.5, 0.6) is 0 Å². The van der Waals surface area contributed by atoms with Crippen LogP contribution in [0.3, 0.4) is 0 Å². The van der Waals surface area contributed by atoms with E-state index in [1.54, 1.807) is 10.6 Å². The van der Waals surface area contributed by atoms with E-state index in [0.29, 0.717) is 11.3 Å². The summed E-state index contributed by atoms with van der Waals surface area (Å²) in [6, 6.07) is 1.41. The SMILES string of the molecule is Cc1cn2cc(C(=O)O)cc(N)c2n1. The summed E-state index contributed by atoms with van der Waals surface area (Å²) in [6.45, 7) is 1.83. The van der Waals surface area contributed by atoms with Crippen molar-refractivity contribution >= 4 is 17.3 Å². The van der Waals surface area contributed by atoms with Crippen LogP contribution in [0.2, 0.25) is 0 Å². The van der Waals surface area contributed by atoms with E-state index in [9.17, 15) is 4.79 Å². The van der Waals surface area contributed by atoms with Gasteiger partial charge in [0.2, 0.25) is 0 Å². The first-order chi connectivity index (χ1) is 6.58. The van der Waals surface area contributed by atoms with E-state index in [2.05, 4.69) is 4.98 Å². The number of carbonyl (C=O) groups is 1. The van der Waals surface area contributed by atoms with E-state index in [0.717, 1.165) is 5.69 Å². The number of nitrogens with two attached hydrogens (primary N) is 1. The molecule has 0 aliphatic rings. The molecule has 2 rings (SSSR count). The summed E-state index contributed by atoms with van der Waals surface area (Å²) in [5.74, 6) is -0.995. The molecule has 5 heteroatoms. The highest BCUT2D eigenvalue weighted by Crippen LogP contribution is 2.15. The number of carboxylic acids is 1. The molecule has 3 N–H and O–H groups in total. The molecule has 0 amide bonds. The van der Waals surface area contributed by atoms with E-state index in [-0.39, 0.29) is 5.56 Å². The number of aromatic carboxylic acids is 1. The monoisotopic (exact) mass is 191 g/mol. The van der Waals surface area contributed by atoms with Crippen LogP contribution in [0.1, 0.15) is 16.1 Å². The summed E-state index contributed by atoms with van der Waals surface area (Å²) >= 11 is 0. The van der Waals surface area contributed by atoms with E-state index in [1.807, 2.05) is 6.92 Å². The van der Waals surface area contributed by atoms with Crippen molar-refractivity contribution in [2.75, 3.05) is 5.73 Å². The lowest BCUT2D eigenvalue weighted by Gasteiger charge is -2.00. The number of pyridine rings is 1. The van der Waals surface area contributed by atoms with Gasteiger partial charge in [-0.05, 0) is 13.0 Å². The molecule has 0 bridgehead atoms. The Hall–Kier alpha value is -2.04. The number of fused-ring (bicyclic) bond motifs is 1. The maximum atomic E-state index is 10.7. The third-order valence-electron chi connectivity index (χ3n) is 1.95. The van der Waals surface area contributed by atoms with Crippen molar-refractivity contribution < 1.29 is 9.90 Å². The number of imidazole rings is 1. The van der Waals surface area contributed by atoms with Crippen LogP contribution in [0.15, 0.2) is 18.5 Å². The molecule has 2 aromatic heterocycles. The van der Waals surface area contributed by atoms with Crippen LogP contribution in [0.4, 0.5) is 5.69 Å². The molecule has 0 aliphatic carbocycles. The van der Waals surface area contributed by atoms with Gasteiger partial charge in [0.25, 0.3) is 0 Å². The van der Waals surface area contributed by atoms with Gasteiger partial charge in [-0.15, -0.1) is 0 Å². The lowest BCUT2D eigenvalue weighted by Crippen LogP contribution is -2.01. The summed E-state index contributed by atoms with van der Waals surface area (Å²) in [7, 11) is 0. The smallest absolute Gasteiger partial charge is 0.337 e. The minimum absolute atomic E-state index is 0.160. The average Bonchev–Trinajstić information content (AvgIpc) is 2.45. The molecule has 72 valence electrons. The van der Waals surface area contributed by atoms with Gasteiger partial charge in [0, 0.05) is 12.4 Å². The molecule has 0 saturated heterocycles. The van der Waals surface area contributed by atoms with E-state index >= 15 is 0 Å². The van der Waals surface area contributed by atoms with Crippen LogP contribution in [0, 0.1) is 6.92 Å². The Morgan fingerprint density at radius 2 is 2.29 bits per heavy atom. The van der Waals surface area contributed by atoms with Gasteiger partial charge in [-0.3, -0.25) is 0 Å². The Bertz CT molecular complexity index is 516. The van der Waals surface area contributed by atoms with Gasteiger partial charge in [0.05, 0.1) is 16.9 Å². The van der Waals surface area contributed by atoms with Crippen molar-refractivity contribution in [2.45, 2.75) is 6.92 Å². The first-order valence-corrected chi connectivity index (χ1v) is 4.06. The highest BCUT2D eigenvalue weighted by Gasteiger charge is 2.08. The maximum absolute atomic E-state index is 10.7. The normalized spacial score (nSPS) is 10.6. The molecule has 0 spiro atoms. The van der Waals surface area contributed by atoms with Crippen molar-refractivity contribution in [3.05, 3.63) is 29.7 Å². The van der Waals surface area contributed by atoms with Crippen molar-refractivity contribution in [3.8, 4) is 0 Å². The second kappa shape index (κ2) is 2.73. The van der Waals surface area contributed by atoms with Crippen LogP contribution in [0.25, 0.3) is 5.65 Å². The number of hydrogen-bond donors (Lipinski definition) is 2. The zero-order chi connectivity index (χ0) is 10.3. The van der Waals surface area contributed by atoms with Gasteiger partial charge in [-0.25, -0.2) is 9.78 Å². The second-order valence-corrected chi connectivity index (χ2v) is 3.10. The lowest BCUT2D eigenvalue weighted by atomic mass is 10.2. The molecule has 0 unspecified atom stereocenters. The molecule has 0 fully saturated rings. The third-order valence-corrected chi connectivity index (χ3v) is 1.95. The van der Waals surface area contributed by atoms with Crippen LogP contribution in [-0.2, 0) is 0 Å². The fourth-order valence-corrected chi connectivity index (χ4v) is 1.36. The highest BCUT2D eigenvalue weighted by atomic mass is 16.4. The van der Waals surface area contributed by atoms with Gasteiger partial charge >= 0.3 is 5.97 Å². The third kappa shape index (κ3) is 1.19. The summed E-state index contributed by atoms with van der Waals surface area (Å²) in [5, 5.41) is 8.79. The quantitative estimate of drug-likeness (QED) is 0.702. The number of carboxylic acid groups (broad SMARTS) is 1. The van der Waals surface area contributed by atoms with Gasteiger partial charge < -0.3 is 15.2 Å². The largest absolute Gasteiger partial charge is 0.478 e. The number of hydrogen-bond acceptors (Lipinski definition) is 3. The second-order valence-electron chi connectivity index (χ2n) is 3.10. The minimum Gasteiger partial charge on any atom is -0.478 e. The Morgan fingerprint density at radius 3 is 2.93 bits per heavy atom. The zero-order valence-corrected chi connectivity index (χ0v) is 7.56. The Labute approximate surface area is 79.8 Å². The number of rotatable bonds is 1. The highest BCUT2D eigenvalue weighted by molar-refractivity contribution is 5.89. The fourth-order valence-electron chi connectivity index (χ4n) is 1.36. The molecule has 0 saturated carbocycles. The minimum atomic E-state index is -0.995. The maximum Gasteiger partial charge on any atom is 0.337 e. The first kappa shape index (κ1) is 8.55. The number of aromatic nitrogens is 2. The summed E-state index contributed by atoms with van der Waals surface area (Å²) in [5.41, 5.74) is 7.59. The Morgan fingerprint density at radius 1 is 1.57 bits per heavy atom. The van der Waals surface area contributed by atoms with Crippen molar-refractivity contribution in [1.29, 1.82) is 0 Å². The molecular weight excluding hydrogens is 182 g/mol. The predicted molar refractivity (Wildman–Crippen MR) is 51.3 cm³/mol. The number of nitrogen functional groups attached to an aromatic ring is 1. The van der Waals surface area contributed by atoms with Gasteiger partial charge in [0.1, 0.15) is 0 Å². The molecule has 14 heavy (non-hydrogen) atoms. The van der Waals surface area contributed by atoms with Gasteiger partial charge in [-0.2, -0.15) is 0 Å². The number of aryl methyl sites for hydroxylation is 1. The van der Waals surface area contributed by atoms with Gasteiger partial charge in [-0.1, -0.05) is 0 Å². The molecule has 0 aliphatic heterocycles. The fraction of sp³-hybridized carbons (Fsp3) is 0.111. The molecule has 0 aromatic carbocycles. The Kier molecular flexibility index (Phi) is 1.67. The van der Waals surface area contributed by atoms with E-state index in [4.69, 9.17) is 10.8 Å². The Balaban J connectivity index is 2.77. The first-order valence-electron chi connectivity index (χ1n) is 4.06. The van der Waals surface area contributed by atoms with E-state index < -0.39 is 5.97 Å². The van der Waals surface area contributed by atoms with Crippen molar-refractivity contribution in [2.24, 2.45) is 0 Å². The molecule has 2 aromatic rings. The topological polar surface area (TPSA) is 80.6 Å². The van der Waals surface area contributed by atoms with Crippen molar-refractivity contribution in [1.82, 2.24) is 9.38 Å². The van der Waals surface area contributed by atoms with Gasteiger partial charge in [0.15, 0.2) is 5.65 Å². The summed E-state index contributed by atoms with van der Waals surface area (Å²) < 4.78 is 1.62. The van der Waals surface area contributed by atoms with Crippen LogP contribution in [-0.4, -0.2) is 20.5 Å². The average molecular weight is 191 g/mol. The summed E-state index contributed by atoms with van der Waals surface area (Å²) in [4.78, 5) is 14.9. The standard InChI is InChI=1S/C9H9N3O2/c1-5-3-12-4-6(9(13)14)2-7(10)8(12)11-5/h2-4H,10H2,1H3,(H,13,14). The molecular formula is C9H9N3O2.